The van der Waals surface area contributed by atoms with Gasteiger partial charge in [0.2, 0.25) is 0 Å². The number of aromatic amines is 1. The number of nitrogens with zero attached hydrogens (tertiary/aromatic N) is 3. The van der Waals surface area contributed by atoms with Gasteiger partial charge in [-0.25, -0.2) is 27.5 Å². The first-order valence-corrected chi connectivity index (χ1v) is 7.42. The molecule has 0 aliphatic heterocycles. The van der Waals surface area contributed by atoms with Crippen LogP contribution in [0.3, 0.4) is 0 Å². The quantitative estimate of drug-likeness (QED) is 0.487. The van der Waals surface area contributed by atoms with Crippen LogP contribution in [0.2, 0.25) is 0 Å². The molecule has 1 aromatic carbocycles. The molecule has 0 aliphatic carbocycles. The number of hydrogen-bond donors (Lipinski definition) is 3. The first-order valence-electron chi connectivity index (χ1n) is 7.42. The van der Waals surface area contributed by atoms with Crippen molar-refractivity contribution >= 4 is 11.6 Å². The molecule has 2 aromatic heterocycles. The molecule has 0 saturated heterocycles. The normalized spacial score (nSPS) is 12.3. The van der Waals surface area contributed by atoms with Crippen molar-refractivity contribution in [2.45, 2.75) is 20.0 Å². The summed E-state index contributed by atoms with van der Waals surface area (Å²) in [6.45, 7) is 3.05. The molecule has 3 aromatic rings. The maximum absolute atomic E-state index is 14.2. The van der Waals surface area contributed by atoms with E-state index >= 15 is 0 Å². The summed E-state index contributed by atoms with van der Waals surface area (Å²) < 4.78 is 54.5. The van der Waals surface area contributed by atoms with Crippen LogP contribution >= 0.6 is 0 Å². The highest BCUT2D eigenvalue weighted by molar-refractivity contribution is 5.53. The summed E-state index contributed by atoms with van der Waals surface area (Å²) >= 11 is 0. The lowest BCUT2D eigenvalue weighted by Crippen LogP contribution is -2.12. The SMILES string of the molecule is Cc1cc(Nc2nc(C(O)c3cc(F)c(F)cc3F)nc(C)c2F)n[nH]1. The lowest BCUT2D eigenvalue weighted by molar-refractivity contribution is 0.203. The van der Waals surface area contributed by atoms with Crippen molar-refractivity contribution in [2.24, 2.45) is 0 Å². The number of rotatable bonds is 4. The topological polar surface area (TPSA) is 86.7 Å². The van der Waals surface area contributed by atoms with Gasteiger partial charge in [-0.15, -0.1) is 0 Å². The van der Waals surface area contributed by atoms with Crippen LogP contribution in [0.5, 0.6) is 0 Å². The number of aryl methyl sites for hydroxylation is 2. The van der Waals surface area contributed by atoms with Gasteiger partial charge in [0.15, 0.2) is 34.9 Å². The number of nitrogens with one attached hydrogen (secondary N) is 2. The molecular formula is C16H13F4N5O. The lowest BCUT2D eigenvalue weighted by atomic mass is 10.1. The van der Waals surface area contributed by atoms with E-state index in [1.54, 1.807) is 13.0 Å². The Morgan fingerprint density at radius 2 is 1.69 bits per heavy atom. The van der Waals surface area contributed by atoms with Crippen molar-refractivity contribution < 1.29 is 22.7 Å². The highest BCUT2D eigenvalue weighted by Crippen LogP contribution is 2.27. The van der Waals surface area contributed by atoms with Gasteiger partial charge in [0.25, 0.3) is 0 Å². The maximum Gasteiger partial charge on any atom is 0.187 e. The van der Waals surface area contributed by atoms with Gasteiger partial charge < -0.3 is 10.4 Å². The molecule has 0 bridgehead atoms. The van der Waals surface area contributed by atoms with E-state index in [0.717, 1.165) is 0 Å². The molecule has 3 rings (SSSR count). The molecule has 1 atom stereocenters. The van der Waals surface area contributed by atoms with Gasteiger partial charge in [0.1, 0.15) is 11.9 Å². The summed E-state index contributed by atoms with van der Waals surface area (Å²) in [5.74, 6) is -5.15. The third-order valence-electron chi connectivity index (χ3n) is 3.57. The second-order valence-electron chi connectivity index (χ2n) is 5.58. The fourth-order valence-corrected chi connectivity index (χ4v) is 2.28. The van der Waals surface area contributed by atoms with Crippen LogP contribution in [-0.2, 0) is 0 Å². The Kier molecular flexibility index (Phi) is 4.60. The van der Waals surface area contributed by atoms with Crippen molar-refractivity contribution in [1.29, 1.82) is 0 Å². The summed E-state index contributed by atoms with van der Waals surface area (Å²) in [7, 11) is 0. The van der Waals surface area contributed by atoms with Gasteiger partial charge in [0, 0.05) is 23.4 Å². The minimum absolute atomic E-state index is 0.133. The molecule has 0 spiro atoms. The summed E-state index contributed by atoms with van der Waals surface area (Å²) in [4.78, 5) is 7.59. The first-order chi connectivity index (χ1) is 12.3. The second-order valence-corrected chi connectivity index (χ2v) is 5.58. The summed E-state index contributed by atoms with van der Waals surface area (Å²) in [6.07, 6.45) is -1.83. The van der Waals surface area contributed by atoms with Crippen LogP contribution in [0.1, 0.15) is 28.9 Å². The number of anilines is 2. The van der Waals surface area contributed by atoms with Crippen molar-refractivity contribution in [3.63, 3.8) is 0 Å². The minimum atomic E-state index is -1.83. The number of hydrogen-bond acceptors (Lipinski definition) is 5. The van der Waals surface area contributed by atoms with E-state index in [1.807, 2.05) is 0 Å². The number of halogens is 4. The van der Waals surface area contributed by atoms with Gasteiger partial charge in [-0.2, -0.15) is 5.10 Å². The molecule has 2 heterocycles. The lowest BCUT2D eigenvalue weighted by Gasteiger charge is -2.14. The van der Waals surface area contributed by atoms with Crippen LogP contribution in [-0.4, -0.2) is 25.3 Å². The number of benzene rings is 1. The van der Waals surface area contributed by atoms with E-state index in [-0.39, 0.29) is 23.2 Å². The van der Waals surface area contributed by atoms with Crippen LogP contribution in [0.25, 0.3) is 0 Å². The van der Waals surface area contributed by atoms with Crippen LogP contribution in [0, 0.1) is 37.1 Å². The van der Waals surface area contributed by atoms with Crippen molar-refractivity contribution in [2.75, 3.05) is 5.32 Å². The number of H-pyrrole nitrogens is 1. The Hall–Kier alpha value is -3.01. The molecule has 1 unspecified atom stereocenters. The predicted octanol–water partition coefficient (Wildman–Crippen LogP) is 3.20. The molecule has 3 N–H and O–H groups in total. The van der Waals surface area contributed by atoms with Gasteiger partial charge in [0.05, 0.1) is 5.69 Å². The third-order valence-corrected chi connectivity index (χ3v) is 3.57. The first kappa shape index (κ1) is 17.8. The molecule has 0 amide bonds. The van der Waals surface area contributed by atoms with Gasteiger partial charge >= 0.3 is 0 Å². The molecule has 6 nitrogen and oxygen atoms in total. The van der Waals surface area contributed by atoms with Crippen LogP contribution in [0.4, 0.5) is 29.2 Å². The molecule has 0 aliphatic rings. The van der Waals surface area contributed by atoms with Gasteiger partial charge in [-0.1, -0.05) is 0 Å². The van der Waals surface area contributed by atoms with Crippen molar-refractivity contribution in [3.8, 4) is 0 Å². The van der Waals surface area contributed by atoms with E-state index in [2.05, 4.69) is 25.5 Å². The highest BCUT2D eigenvalue weighted by atomic mass is 19.2. The Bertz CT molecular complexity index is 976. The van der Waals surface area contributed by atoms with Crippen LogP contribution in [0.15, 0.2) is 18.2 Å². The Balaban J connectivity index is 2.01. The molecule has 0 fully saturated rings. The average molecular weight is 367 g/mol. The van der Waals surface area contributed by atoms with E-state index in [0.29, 0.717) is 17.8 Å². The minimum Gasteiger partial charge on any atom is -0.380 e. The predicted molar refractivity (Wildman–Crippen MR) is 83.7 cm³/mol. The zero-order valence-corrected chi connectivity index (χ0v) is 13.6. The zero-order valence-electron chi connectivity index (χ0n) is 13.6. The molecule has 26 heavy (non-hydrogen) atoms. The fraction of sp³-hybridized carbons (Fsp3) is 0.188. The van der Waals surface area contributed by atoms with E-state index in [9.17, 15) is 22.7 Å². The maximum atomic E-state index is 14.2. The number of aliphatic hydroxyl groups excluding tert-OH is 1. The Morgan fingerprint density at radius 1 is 1.00 bits per heavy atom. The summed E-state index contributed by atoms with van der Waals surface area (Å²) in [5, 5.41) is 19.4. The zero-order chi connectivity index (χ0) is 19.0. The van der Waals surface area contributed by atoms with Gasteiger partial charge in [-0.05, 0) is 19.9 Å². The number of aliphatic hydroxyl groups is 1. The van der Waals surface area contributed by atoms with E-state index in [4.69, 9.17) is 0 Å². The molecule has 10 heteroatoms. The smallest absolute Gasteiger partial charge is 0.187 e. The average Bonchev–Trinajstić information content (AvgIpc) is 2.99. The fourth-order valence-electron chi connectivity index (χ4n) is 2.28. The van der Waals surface area contributed by atoms with E-state index < -0.39 is 34.9 Å². The molecule has 0 radical (unpaired) electrons. The monoisotopic (exact) mass is 367 g/mol. The second kappa shape index (κ2) is 6.71. The standard InChI is InChI=1S/C16H13F4N5O/c1-6-3-12(25-24-6)22-15-13(20)7(2)21-16(23-15)14(26)8-4-10(18)11(19)5-9(8)17/h3-5,14,26H,1-2H3,(H2,21,22,23,24,25). The largest absolute Gasteiger partial charge is 0.380 e. The third kappa shape index (κ3) is 3.36. The summed E-state index contributed by atoms with van der Waals surface area (Å²) in [5.41, 5.74) is 0.00562. The Morgan fingerprint density at radius 3 is 2.35 bits per heavy atom. The van der Waals surface area contributed by atoms with E-state index in [1.165, 1.54) is 6.92 Å². The number of aromatic nitrogens is 4. The van der Waals surface area contributed by atoms with Gasteiger partial charge in [-0.3, -0.25) is 5.10 Å². The summed E-state index contributed by atoms with van der Waals surface area (Å²) in [6, 6.07) is 2.39. The molecule has 0 saturated carbocycles. The molecular weight excluding hydrogens is 354 g/mol. The van der Waals surface area contributed by atoms with Crippen molar-refractivity contribution in [1.82, 2.24) is 20.2 Å². The Labute approximate surface area is 144 Å². The molecule has 136 valence electrons. The van der Waals surface area contributed by atoms with Crippen molar-refractivity contribution in [3.05, 3.63) is 64.2 Å². The van der Waals surface area contributed by atoms with Crippen LogP contribution < -0.4 is 5.32 Å². The highest BCUT2D eigenvalue weighted by Gasteiger charge is 2.23.